The summed E-state index contributed by atoms with van der Waals surface area (Å²) < 4.78 is 5.14. The first-order valence-electron chi connectivity index (χ1n) is 3.25. The Morgan fingerprint density at radius 3 is 2.56 bits per heavy atom. The third-order valence-corrected chi connectivity index (χ3v) is 1.50. The molecule has 0 fully saturated rings. The molecule has 0 aromatic carbocycles. The van der Waals surface area contributed by atoms with E-state index in [2.05, 4.69) is 15.9 Å². The van der Waals surface area contributed by atoms with Crippen LogP contribution in [0.25, 0.3) is 0 Å². The van der Waals surface area contributed by atoms with Gasteiger partial charge in [0.15, 0.2) is 0 Å². The van der Waals surface area contributed by atoms with E-state index in [1.807, 2.05) is 0 Å². The lowest BCUT2D eigenvalue weighted by Crippen LogP contribution is -2.08. The van der Waals surface area contributed by atoms with Gasteiger partial charge in [-0.1, -0.05) is 15.9 Å². The number of nitrogens with two attached hydrogens (primary N) is 1. The van der Waals surface area contributed by atoms with Gasteiger partial charge in [0.25, 0.3) is 0 Å². The number of alkyl halides is 1. The summed E-state index contributed by atoms with van der Waals surface area (Å²) in [6.07, 6.45) is 2.32. The van der Waals surface area contributed by atoms with E-state index in [1.54, 1.807) is 0 Å². The third-order valence-electron chi connectivity index (χ3n) is 0.934. The minimum atomic E-state index is 0.633. The van der Waals surface area contributed by atoms with E-state index >= 15 is 0 Å². The fourth-order valence-corrected chi connectivity index (χ4v) is 0.881. The summed E-state index contributed by atoms with van der Waals surface area (Å²) in [6.45, 7) is 2.18. The molecule has 0 heterocycles. The number of rotatable bonds is 6. The predicted molar refractivity (Wildman–Crippen MR) is 42.9 cm³/mol. The van der Waals surface area contributed by atoms with Gasteiger partial charge in [-0.25, -0.2) is 0 Å². The van der Waals surface area contributed by atoms with Crippen molar-refractivity contribution in [1.29, 1.82) is 0 Å². The second-order valence-electron chi connectivity index (χ2n) is 1.80. The molecule has 0 aromatic heterocycles. The standard InChI is InChI=1S/C6H14BrNO/c7-3-1-2-5-9-6-4-8/h1-6,8H2. The van der Waals surface area contributed by atoms with Gasteiger partial charge in [-0.2, -0.15) is 0 Å². The van der Waals surface area contributed by atoms with E-state index in [0.29, 0.717) is 13.2 Å². The molecule has 0 amide bonds. The molecule has 0 rings (SSSR count). The number of hydrogen-bond donors (Lipinski definition) is 1. The summed E-state index contributed by atoms with van der Waals surface area (Å²) in [5.41, 5.74) is 5.21. The third kappa shape index (κ3) is 8.40. The fourth-order valence-electron chi connectivity index (χ4n) is 0.484. The Bertz CT molecular complexity index is 46.3. The van der Waals surface area contributed by atoms with Crippen LogP contribution >= 0.6 is 15.9 Å². The molecule has 56 valence electrons. The zero-order valence-electron chi connectivity index (χ0n) is 5.61. The highest BCUT2D eigenvalue weighted by atomic mass is 79.9. The second-order valence-corrected chi connectivity index (χ2v) is 2.59. The molecule has 0 spiro atoms. The monoisotopic (exact) mass is 195 g/mol. The Hall–Kier alpha value is 0.400. The maximum absolute atomic E-state index is 5.21. The smallest absolute Gasteiger partial charge is 0.0588 e. The van der Waals surface area contributed by atoms with Crippen molar-refractivity contribution in [1.82, 2.24) is 0 Å². The van der Waals surface area contributed by atoms with Crippen LogP contribution in [0.2, 0.25) is 0 Å². The van der Waals surface area contributed by atoms with Gasteiger partial charge in [0.2, 0.25) is 0 Å². The van der Waals surface area contributed by atoms with Gasteiger partial charge in [0, 0.05) is 18.5 Å². The highest BCUT2D eigenvalue weighted by Gasteiger charge is 1.85. The summed E-state index contributed by atoms with van der Waals surface area (Å²) in [5, 5.41) is 1.07. The molecule has 0 saturated carbocycles. The molecule has 0 saturated heterocycles. The normalized spacial score (nSPS) is 10.0. The van der Waals surface area contributed by atoms with Crippen LogP contribution in [0.15, 0.2) is 0 Å². The quantitative estimate of drug-likeness (QED) is 0.510. The lowest BCUT2D eigenvalue weighted by molar-refractivity contribution is 0.139. The SMILES string of the molecule is NCCOCCCCBr. The van der Waals surface area contributed by atoms with Gasteiger partial charge < -0.3 is 10.5 Å². The van der Waals surface area contributed by atoms with Crippen LogP contribution in [0.5, 0.6) is 0 Å². The molecule has 0 radical (unpaired) electrons. The minimum Gasteiger partial charge on any atom is -0.380 e. The second kappa shape index (κ2) is 8.40. The highest BCUT2D eigenvalue weighted by Crippen LogP contribution is 1.93. The summed E-state index contributed by atoms with van der Waals surface area (Å²) in [4.78, 5) is 0. The van der Waals surface area contributed by atoms with Crippen LogP contribution in [0.1, 0.15) is 12.8 Å². The number of unbranched alkanes of at least 4 members (excludes halogenated alkanes) is 1. The van der Waals surface area contributed by atoms with Crippen LogP contribution in [-0.4, -0.2) is 25.1 Å². The molecule has 0 aromatic rings. The topological polar surface area (TPSA) is 35.2 Å². The van der Waals surface area contributed by atoms with E-state index in [-0.39, 0.29) is 0 Å². The summed E-state index contributed by atoms with van der Waals surface area (Å²) in [5.74, 6) is 0. The van der Waals surface area contributed by atoms with Crippen LogP contribution in [0, 0.1) is 0 Å². The molecule has 0 aliphatic rings. The first kappa shape index (κ1) is 9.40. The average Bonchev–Trinajstić information content (AvgIpc) is 1.89. The molecule has 0 bridgehead atoms. The maximum Gasteiger partial charge on any atom is 0.0588 e. The molecule has 9 heavy (non-hydrogen) atoms. The largest absolute Gasteiger partial charge is 0.380 e. The average molecular weight is 196 g/mol. The Balaban J connectivity index is 2.60. The number of halogens is 1. The van der Waals surface area contributed by atoms with E-state index in [4.69, 9.17) is 10.5 Å². The molecular weight excluding hydrogens is 182 g/mol. The van der Waals surface area contributed by atoms with Gasteiger partial charge >= 0.3 is 0 Å². The molecule has 0 atom stereocenters. The lowest BCUT2D eigenvalue weighted by atomic mass is 10.4. The Morgan fingerprint density at radius 1 is 1.22 bits per heavy atom. The van der Waals surface area contributed by atoms with Gasteiger partial charge in [-0.3, -0.25) is 0 Å². The molecule has 0 unspecified atom stereocenters. The van der Waals surface area contributed by atoms with Crippen molar-refractivity contribution < 1.29 is 4.74 Å². The van der Waals surface area contributed by atoms with Crippen LogP contribution in [0.3, 0.4) is 0 Å². The Labute approximate surface area is 64.9 Å². The summed E-state index contributed by atoms with van der Waals surface area (Å²) >= 11 is 3.34. The van der Waals surface area contributed by atoms with E-state index in [1.165, 1.54) is 6.42 Å². The predicted octanol–water partition coefficient (Wildman–Crippen LogP) is 1.14. The zero-order valence-corrected chi connectivity index (χ0v) is 7.19. The van der Waals surface area contributed by atoms with Crippen molar-refractivity contribution in [2.75, 3.05) is 25.1 Å². The highest BCUT2D eigenvalue weighted by molar-refractivity contribution is 9.09. The van der Waals surface area contributed by atoms with Gasteiger partial charge in [-0.05, 0) is 12.8 Å². The van der Waals surface area contributed by atoms with Crippen molar-refractivity contribution >= 4 is 15.9 Å². The van der Waals surface area contributed by atoms with Crippen LogP contribution in [-0.2, 0) is 4.74 Å². The maximum atomic E-state index is 5.21. The van der Waals surface area contributed by atoms with E-state index in [0.717, 1.165) is 18.4 Å². The molecule has 2 nitrogen and oxygen atoms in total. The molecule has 2 N–H and O–H groups in total. The van der Waals surface area contributed by atoms with Gasteiger partial charge in [-0.15, -0.1) is 0 Å². The van der Waals surface area contributed by atoms with Crippen molar-refractivity contribution in [3.63, 3.8) is 0 Å². The zero-order chi connectivity index (χ0) is 6.95. The Morgan fingerprint density at radius 2 is 2.00 bits per heavy atom. The molecule has 3 heteroatoms. The van der Waals surface area contributed by atoms with Crippen molar-refractivity contribution in [3.05, 3.63) is 0 Å². The minimum absolute atomic E-state index is 0.633. The molecular formula is C6H14BrNO. The molecule has 0 aliphatic heterocycles. The van der Waals surface area contributed by atoms with Crippen molar-refractivity contribution in [3.8, 4) is 0 Å². The van der Waals surface area contributed by atoms with E-state index in [9.17, 15) is 0 Å². The van der Waals surface area contributed by atoms with Crippen molar-refractivity contribution in [2.45, 2.75) is 12.8 Å². The fraction of sp³-hybridized carbons (Fsp3) is 1.00. The summed E-state index contributed by atoms with van der Waals surface area (Å²) in [6, 6.07) is 0. The van der Waals surface area contributed by atoms with Crippen LogP contribution < -0.4 is 5.73 Å². The first-order chi connectivity index (χ1) is 4.41. The van der Waals surface area contributed by atoms with Gasteiger partial charge in [0.1, 0.15) is 0 Å². The number of ether oxygens (including phenoxy) is 1. The number of hydrogen-bond acceptors (Lipinski definition) is 2. The molecule has 0 aliphatic carbocycles. The van der Waals surface area contributed by atoms with Crippen molar-refractivity contribution in [2.24, 2.45) is 5.73 Å². The van der Waals surface area contributed by atoms with Crippen LogP contribution in [0.4, 0.5) is 0 Å². The lowest BCUT2D eigenvalue weighted by Gasteiger charge is -1.98. The van der Waals surface area contributed by atoms with Gasteiger partial charge in [0.05, 0.1) is 6.61 Å². The first-order valence-corrected chi connectivity index (χ1v) is 4.37. The summed E-state index contributed by atoms with van der Waals surface area (Å²) in [7, 11) is 0. The Kier molecular flexibility index (Phi) is 8.77. The van der Waals surface area contributed by atoms with E-state index < -0.39 is 0 Å².